The molecule has 0 aliphatic carbocycles. The molecule has 0 amide bonds. The lowest BCUT2D eigenvalue weighted by molar-refractivity contribution is -0.139. The second-order valence-corrected chi connectivity index (χ2v) is 12.0. The number of unbranched alkanes of at least 4 members (excludes halogenated alkanes) is 1. The summed E-state index contributed by atoms with van der Waals surface area (Å²) in [7, 11) is 1.57. The first kappa shape index (κ1) is 30.6. The first-order chi connectivity index (χ1) is 20.7. The van der Waals surface area contributed by atoms with Gasteiger partial charge in [-0.15, -0.1) is 0 Å². The number of benzene rings is 2. The van der Waals surface area contributed by atoms with Gasteiger partial charge in [0.2, 0.25) is 0 Å². The number of fused-ring (bicyclic) bond motifs is 1. The Morgan fingerprint density at radius 2 is 1.93 bits per heavy atom. The van der Waals surface area contributed by atoms with Crippen molar-refractivity contribution in [1.29, 1.82) is 0 Å². The molecule has 0 bridgehead atoms. The number of thiazole rings is 1. The van der Waals surface area contributed by atoms with E-state index in [2.05, 4.69) is 27.8 Å². The fraction of sp³-hybridized carbons (Fsp3) is 0.303. The molecule has 1 aliphatic heterocycles. The third-order valence-corrected chi connectivity index (χ3v) is 8.71. The molecule has 224 valence electrons. The van der Waals surface area contributed by atoms with Crippen molar-refractivity contribution >= 4 is 39.3 Å². The minimum Gasteiger partial charge on any atom is -0.493 e. The van der Waals surface area contributed by atoms with E-state index in [1.54, 1.807) is 37.7 Å². The van der Waals surface area contributed by atoms with Crippen LogP contribution in [0, 0.1) is 6.92 Å². The number of carbonyl (C=O) groups excluding carboxylic acids is 1. The summed E-state index contributed by atoms with van der Waals surface area (Å²) in [5.41, 5.74) is 3.22. The predicted molar refractivity (Wildman–Crippen MR) is 170 cm³/mol. The Kier molecular flexibility index (Phi) is 9.37. The molecule has 1 aliphatic rings. The molecular weight excluding hydrogens is 632 g/mol. The Bertz CT molecular complexity index is 1880. The standard InChI is InChI=1S/C33H33BrN2O6S/c1-6-8-15-41-26-13-10-21(17-27(26)39-5)30-29(32(38)40-7-2)20(4)35-33-36(30)31(37)28(43-33)18-22-11-14-25(42-22)23-12-9-19(3)16-24(23)34/h9-14,16-18,30H,6-8,15H2,1-5H3/b28-18+/t30-/m0/s1. The first-order valence-corrected chi connectivity index (χ1v) is 15.7. The van der Waals surface area contributed by atoms with E-state index < -0.39 is 12.0 Å². The number of aromatic nitrogens is 1. The second kappa shape index (κ2) is 13.2. The van der Waals surface area contributed by atoms with Gasteiger partial charge in [0.05, 0.1) is 42.2 Å². The van der Waals surface area contributed by atoms with Gasteiger partial charge in [0.25, 0.3) is 5.56 Å². The summed E-state index contributed by atoms with van der Waals surface area (Å²) in [5, 5.41) is 0. The number of furan rings is 1. The van der Waals surface area contributed by atoms with Gasteiger partial charge >= 0.3 is 5.97 Å². The predicted octanol–water partition coefficient (Wildman–Crippen LogP) is 6.32. The highest BCUT2D eigenvalue weighted by molar-refractivity contribution is 9.10. The van der Waals surface area contributed by atoms with Crippen LogP contribution in [-0.4, -0.2) is 30.9 Å². The Balaban J connectivity index is 1.61. The number of esters is 1. The Morgan fingerprint density at radius 3 is 2.65 bits per heavy atom. The van der Waals surface area contributed by atoms with E-state index in [1.807, 2.05) is 49.4 Å². The van der Waals surface area contributed by atoms with E-state index in [0.717, 1.165) is 28.4 Å². The van der Waals surface area contributed by atoms with Crippen LogP contribution < -0.4 is 24.4 Å². The molecule has 0 unspecified atom stereocenters. The van der Waals surface area contributed by atoms with Crippen molar-refractivity contribution in [2.75, 3.05) is 20.3 Å². The van der Waals surface area contributed by atoms with E-state index in [1.165, 1.54) is 11.3 Å². The highest BCUT2D eigenvalue weighted by Crippen LogP contribution is 2.36. The molecule has 5 rings (SSSR count). The monoisotopic (exact) mass is 664 g/mol. The summed E-state index contributed by atoms with van der Waals surface area (Å²) < 4.78 is 26.0. The van der Waals surface area contributed by atoms with Crippen LogP contribution in [0.25, 0.3) is 17.4 Å². The van der Waals surface area contributed by atoms with Crippen LogP contribution in [-0.2, 0) is 9.53 Å². The first-order valence-electron chi connectivity index (χ1n) is 14.1. The molecule has 2 aromatic carbocycles. The summed E-state index contributed by atoms with van der Waals surface area (Å²) >= 11 is 4.85. The number of allylic oxidation sites excluding steroid dienone is 1. The zero-order chi connectivity index (χ0) is 30.7. The maximum Gasteiger partial charge on any atom is 0.338 e. The van der Waals surface area contributed by atoms with Crippen LogP contribution in [0.4, 0.5) is 0 Å². The number of halogens is 1. The van der Waals surface area contributed by atoms with Crippen molar-refractivity contribution in [3.8, 4) is 22.8 Å². The van der Waals surface area contributed by atoms with Crippen molar-refractivity contribution < 1.29 is 23.4 Å². The number of aryl methyl sites for hydroxylation is 1. The number of nitrogens with zero attached hydrogens (tertiary/aromatic N) is 2. The third kappa shape index (κ3) is 6.26. The van der Waals surface area contributed by atoms with Gasteiger partial charge in [0.15, 0.2) is 16.3 Å². The molecule has 0 radical (unpaired) electrons. The number of carbonyl (C=O) groups is 1. The molecule has 43 heavy (non-hydrogen) atoms. The normalized spacial score (nSPS) is 14.8. The average Bonchev–Trinajstić information content (AvgIpc) is 3.56. The summed E-state index contributed by atoms with van der Waals surface area (Å²) in [6.07, 6.45) is 3.63. The number of rotatable bonds is 10. The molecule has 0 N–H and O–H groups in total. The van der Waals surface area contributed by atoms with E-state index >= 15 is 0 Å². The smallest absolute Gasteiger partial charge is 0.338 e. The largest absolute Gasteiger partial charge is 0.493 e. The minimum absolute atomic E-state index is 0.193. The lowest BCUT2D eigenvalue weighted by atomic mass is 9.95. The van der Waals surface area contributed by atoms with Gasteiger partial charge in [-0.05, 0) is 74.7 Å². The molecule has 8 nitrogen and oxygen atoms in total. The van der Waals surface area contributed by atoms with Crippen molar-refractivity contribution in [2.24, 2.45) is 4.99 Å². The summed E-state index contributed by atoms with van der Waals surface area (Å²) in [6.45, 7) is 8.38. The molecule has 3 heterocycles. The average molecular weight is 666 g/mol. The molecule has 10 heteroatoms. The van der Waals surface area contributed by atoms with E-state index in [0.29, 0.717) is 55.8 Å². The van der Waals surface area contributed by atoms with Crippen molar-refractivity contribution in [3.63, 3.8) is 0 Å². The van der Waals surface area contributed by atoms with Crippen LogP contribution in [0.3, 0.4) is 0 Å². The van der Waals surface area contributed by atoms with Gasteiger partial charge in [-0.1, -0.05) is 52.7 Å². The van der Waals surface area contributed by atoms with Crippen LogP contribution in [0.2, 0.25) is 0 Å². The Labute approximate surface area is 262 Å². The Morgan fingerprint density at radius 1 is 1.12 bits per heavy atom. The second-order valence-electron chi connectivity index (χ2n) is 10.1. The van der Waals surface area contributed by atoms with Crippen LogP contribution >= 0.6 is 27.3 Å². The molecule has 1 atom stereocenters. The van der Waals surface area contributed by atoms with E-state index in [9.17, 15) is 9.59 Å². The van der Waals surface area contributed by atoms with Crippen molar-refractivity contribution in [2.45, 2.75) is 46.6 Å². The summed E-state index contributed by atoms with van der Waals surface area (Å²) in [6, 6.07) is 14.4. The fourth-order valence-electron chi connectivity index (χ4n) is 4.93. The minimum atomic E-state index is -0.772. The highest BCUT2D eigenvalue weighted by atomic mass is 79.9. The number of ether oxygens (including phenoxy) is 3. The third-order valence-electron chi connectivity index (χ3n) is 7.07. The topological polar surface area (TPSA) is 92.3 Å². The molecular formula is C33H33BrN2O6S. The Hall–Kier alpha value is -3.89. The number of hydrogen-bond donors (Lipinski definition) is 0. The molecule has 2 aromatic heterocycles. The van der Waals surface area contributed by atoms with Gasteiger partial charge in [0.1, 0.15) is 11.5 Å². The molecule has 0 spiro atoms. The molecule has 0 saturated carbocycles. The maximum atomic E-state index is 14.0. The zero-order valence-electron chi connectivity index (χ0n) is 24.7. The van der Waals surface area contributed by atoms with Gasteiger partial charge < -0.3 is 18.6 Å². The maximum absolute atomic E-state index is 14.0. The lowest BCUT2D eigenvalue weighted by Crippen LogP contribution is -2.39. The number of methoxy groups -OCH3 is 1. The molecule has 4 aromatic rings. The van der Waals surface area contributed by atoms with Gasteiger partial charge in [-0.2, -0.15) is 0 Å². The van der Waals surface area contributed by atoms with Crippen LogP contribution in [0.5, 0.6) is 11.5 Å². The quantitative estimate of drug-likeness (QED) is 0.146. The SMILES string of the molecule is CCCCOc1ccc([C@H]2C(C(=O)OCC)=C(C)N=c3s/c(=C/c4ccc(-c5ccc(C)cc5Br)o4)c(=O)n32)cc1OC. The van der Waals surface area contributed by atoms with Crippen LogP contribution in [0.1, 0.15) is 56.5 Å². The summed E-state index contributed by atoms with van der Waals surface area (Å²) in [5.74, 6) is 1.79. The van der Waals surface area contributed by atoms with E-state index in [4.69, 9.17) is 18.6 Å². The number of hydrogen-bond acceptors (Lipinski definition) is 8. The zero-order valence-corrected chi connectivity index (χ0v) is 27.1. The lowest BCUT2D eigenvalue weighted by Gasteiger charge is -2.25. The highest BCUT2D eigenvalue weighted by Gasteiger charge is 2.34. The van der Waals surface area contributed by atoms with Crippen LogP contribution in [0.15, 0.2) is 78.5 Å². The molecule has 0 fully saturated rings. The van der Waals surface area contributed by atoms with E-state index in [-0.39, 0.29) is 12.2 Å². The molecule has 0 saturated heterocycles. The van der Waals surface area contributed by atoms with Gasteiger partial charge in [-0.3, -0.25) is 9.36 Å². The van der Waals surface area contributed by atoms with Gasteiger partial charge in [-0.25, -0.2) is 9.79 Å². The summed E-state index contributed by atoms with van der Waals surface area (Å²) in [4.78, 5) is 32.4. The van der Waals surface area contributed by atoms with Crippen molar-refractivity contribution in [1.82, 2.24) is 4.57 Å². The van der Waals surface area contributed by atoms with Gasteiger partial charge in [0, 0.05) is 16.1 Å². The fourth-order valence-corrected chi connectivity index (χ4v) is 6.65. The van der Waals surface area contributed by atoms with Crippen molar-refractivity contribution in [3.05, 3.63) is 101 Å².